The van der Waals surface area contributed by atoms with Gasteiger partial charge in [-0.3, -0.25) is 0 Å². The van der Waals surface area contributed by atoms with Crippen LogP contribution in [0.25, 0.3) is 0 Å². The van der Waals surface area contributed by atoms with E-state index in [1.54, 1.807) is 0 Å². The van der Waals surface area contributed by atoms with Crippen LogP contribution in [-0.4, -0.2) is 6.04 Å². The lowest BCUT2D eigenvalue weighted by atomic mass is 9.67. The third kappa shape index (κ3) is 1.86. The molecule has 0 amide bonds. The Bertz CT molecular complexity index is 394. The molecule has 1 aliphatic carbocycles. The molecule has 0 heterocycles. The molecule has 1 aromatic carbocycles. The number of halogens is 3. The van der Waals surface area contributed by atoms with Gasteiger partial charge in [-0.25, -0.2) is 4.39 Å². The summed E-state index contributed by atoms with van der Waals surface area (Å²) in [6.45, 7) is 2.06. The van der Waals surface area contributed by atoms with Gasteiger partial charge in [-0.1, -0.05) is 30.1 Å². The molecule has 4 heteroatoms. The molecule has 0 aliphatic heterocycles. The number of rotatable bonds is 1. The third-order valence-corrected chi connectivity index (χ3v) is 3.89. The first-order valence-electron chi connectivity index (χ1n) is 4.90. The molecule has 3 atom stereocenters. The van der Waals surface area contributed by atoms with Crippen LogP contribution < -0.4 is 5.73 Å². The molecule has 1 saturated carbocycles. The van der Waals surface area contributed by atoms with Crippen LogP contribution >= 0.6 is 23.2 Å². The first-order chi connectivity index (χ1) is 7.00. The van der Waals surface area contributed by atoms with Crippen molar-refractivity contribution < 1.29 is 4.39 Å². The summed E-state index contributed by atoms with van der Waals surface area (Å²) in [6.07, 6.45) is 0.863. The molecule has 0 bridgehead atoms. The predicted octanol–water partition coefficient (Wildman–Crippen LogP) is 3.58. The van der Waals surface area contributed by atoms with Crippen LogP contribution in [0.4, 0.5) is 4.39 Å². The highest BCUT2D eigenvalue weighted by atomic mass is 35.5. The van der Waals surface area contributed by atoms with Crippen molar-refractivity contribution in [1.29, 1.82) is 0 Å². The molecule has 1 nitrogen and oxygen atoms in total. The Morgan fingerprint density at radius 3 is 2.53 bits per heavy atom. The summed E-state index contributed by atoms with van der Waals surface area (Å²) in [4.78, 5) is 0. The summed E-state index contributed by atoms with van der Waals surface area (Å²) in [5.41, 5.74) is 6.63. The maximum atomic E-state index is 13.3. The predicted molar refractivity (Wildman–Crippen MR) is 60.9 cm³/mol. The standard InChI is InChI=1S/C11H12Cl2FN/c1-5-6(3-11(5)15)7-2-10(14)9(13)4-8(7)12/h2,4-6,11H,3,15H2,1H3. The van der Waals surface area contributed by atoms with E-state index in [0.29, 0.717) is 10.9 Å². The zero-order valence-electron chi connectivity index (χ0n) is 8.31. The van der Waals surface area contributed by atoms with Crippen molar-refractivity contribution in [2.24, 2.45) is 11.7 Å². The van der Waals surface area contributed by atoms with Gasteiger partial charge < -0.3 is 5.73 Å². The Hall–Kier alpha value is -0.310. The van der Waals surface area contributed by atoms with Crippen LogP contribution in [0.15, 0.2) is 12.1 Å². The number of nitrogens with two attached hydrogens (primary N) is 1. The van der Waals surface area contributed by atoms with Gasteiger partial charge in [0, 0.05) is 11.1 Å². The first kappa shape index (κ1) is 11.2. The van der Waals surface area contributed by atoms with E-state index in [4.69, 9.17) is 28.9 Å². The van der Waals surface area contributed by atoms with Gasteiger partial charge in [0.15, 0.2) is 0 Å². The largest absolute Gasteiger partial charge is 0.327 e. The Labute approximate surface area is 98.4 Å². The quantitative estimate of drug-likeness (QED) is 0.755. The lowest BCUT2D eigenvalue weighted by Gasteiger charge is -2.41. The van der Waals surface area contributed by atoms with Crippen LogP contribution in [0.3, 0.4) is 0 Å². The van der Waals surface area contributed by atoms with Gasteiger partial charge in [-0.05, 0) is 36.0 Å². The van der Waals surface area contributed by atoms with Crippen LogP contribution in [0.2, 0.25) is 10.0 Å². The first-order valence-corrected chi connectivity index (χ1v) is 5.66. The maximum Gasteiger partial charge on any atom is 0.142 e. The smallest absolute Gasteiger partial charge is 0.142 e. The average molecular weight is 248 g/mol. The lowest BCUT2D eigenvalue weighted by molar-refractivity contribution is 0.226. The highest BCUT2D eigenvalue weighted by Gasteiger charge is 2.37. The van der Waals surface area contributed by atoms with E-state index in [9.17, 15) is 4.39 Å². The highest BCUT2D eigenvalue weighted by molar-refractivity contribution is 6.35. The lowest BCUT2D eigenvalue weighted by Crippen LogP contribution is -2.44. The zero-order chi connectivity index (χ0) is 11.2. The average Bonchev–Trinajstić information content (AvgIpc) is 2.20. The van der Waals surface area contributed by atoms with Crippen LogP contribution in [-0.2, 0) is 0 Å². The molecule has 2 N–H and O–H groups in total. The summed E-state index contributed by atoms with van der Waals surface area (Å²) < 4.78 is 13.3. The van der Waals surface area contributed by atoms with Crippen molar-refractivity contribution in [3.05, 3.63) is 33.6 Å². The summed E-state index contributed by atoms with van der Waals surface area (Å²) in [5, 5.41) is 0.602. The van der Waals surface area contributed by atoms with Crippen molar-refractivity contribution in [3.63, 3.8) is 0 Å². The second kappa shape index (κ2) is 3.93. The van der Waals surface area contributed by atoms with Crippen molar-refractivity contribution in [2.75, 3.05) is 0 Å². The van der Waals surface area contributed by atoms with Crippen molar-refractivity contribution >= 4 is 23.2 Å². The molecular formula is C11H12Cl2FN. The Kier molecular flexibility index (Phi) is 2.93. The van der Waals surface area contributed by atoms with Gasteiger partial charge in [0.2, 0.25) is 0 Å². The molecular weight excluding hydrogens is 236 g/mol. The topological polar surface area (TPSA) is 26.0 Å². The molecule has 0 saturated heterocycles. The summed E-state index contributed by atoms with van der Waals surface area (Å²) >= 11 is 11.7. The molecule has 82 valence electrons. The SMILES string of the molecule is CC1C(N)CC1c1cc(F)c(Cl)cc1Cl. The van der Waals surface area contributed by atoms with Gasteiger partial charge in [0.05, 0.1) is 5.02 Å². The van der Waals surface area contributed by atoms with E-state index < -0.39 is 5.82 Å². The van der Waals surface area contributed by atoms with Crippen molar-refractivity contribution in [1.82, 2.24) is 0 Å². The molecule has 15 heavy (non-hydrogen) atoms. The van der Waals surface area contributed by atoms with Crippen LogP contribution in [0, 0.1) is 11.7 Å². The zero-order valence-corrected chi connectivity index (χ0v) is 9.82. The van der Waals surface area contributed by atoms with Gasteiger partial charge in [0.1, 0.15) is 5.82 Å². The van der Waals surface area contributed by atoms with Gasteiger partial charge >= 0.3 is 0 Å². The molecule has 1 fully saturated rings. The van der Waals surface area contributed by atoms with Crippen molar-refractivity contribution in [3.8, 4) is 0 Å². The number of benzene rings is 1. The van der Waals surface area contributed by atoms with Crippen molar-refractivity contribution in [2.45, 2.75) is 25.3 Å². The minimum atomic E-state index is -0.413. The van der Waals surface area contributed by atoms with E-state index in [2.05, 4.69) is 6.92 Å². The fourth-order valence-electron chi connectivity index (χ4n) is 2.06. The second-order valence-corrected chi connectivity index (χ2v) is 4.97. The van der Waals surface area contributed by atoms with E-state index in [1.165, 1.54) is 12.1 Å². The molecule has 2 rings (SSSR count). The Balaban J connectivity index is 2.33. The molecule has 0 aromatic heterocycles. The van der Waals surface area contributed by atoms with Gasteiger partial charge in [-0.15, -0.1) is 0 Å². The summed E-state index contributed by atoms with van der Waals surface area (Å²) in [5.74, 6) is 0.200. The monoisotopic (exact) mass is 247 g/mol. The minimum absolute atomic E-state index is 0.0695. The molecule has 3 unspecified atom stereocenters. The van der Waals surface area contributed by atoms with Crippen LogP contribution in [0.5, 0.6) is 0 Å². The normalized spacial score (nSPS) is 30.1. The third-order valence-electron chi connectivity index (χ3n) is 3.28. The Morgan fingerprint density at radius 2 is 2.00 bits per heavy atom. The van der Waals surface area contributed by atoms with E-state index in [0.717, 1.165) is 12.0 Å². The number of hydrogen-bond acceptors (Lipinski definition) is 1. The maximum absolute atomic E-state index is 13.3. The molecule has 1 aromatic rings. The molecule has 0 spiro atoms. The van der Waals surface area contributed by atoms with Gasteiger partial charge in [0.25, 0.3) is 0 Å². The second-order valence-electron chi connectivity index (χ2n) is 4.15. The number of hydrogen-bond donors (Lipinski definition) is 1. The van der Waals surface area contributed by atoms with Crippen LogP contribution in [0.1, 0.15) is 24.8 Å². The van der Waals surface area contributed by atoms with E-state index in [-0.39, 0.29) is 17.0 Å². The fraction of sp³-hybridized carbons (Fsp3) is 0.455. The molecule has 1 aliphatic rings. The van der Waals surface area contributed by atoms with E-state index in [1.807, 2.05) is 0 Å². The van der Waals surface area contributed by atoms with Gasteiger partial charge in [-0.2, -0.15) is 0 Å². The summed E-state index contributed by atoms with van der Waals surface area (Å²) in [7, 11) is 0. The molecule has 0 radical (unpaired) electrons. The Morgan fingerprint density at radius 1 is 1.33 bits per heavy atom. The minimum Gasteiger partial charge on any atom is -0.327 e. The van der Waals surface area contributed by atoms with E-state index >= 15 is 0 Å². The summed E-state index contributed by atoms with van der Waals surface area (Å²) in [6, 6.07) is 3.09. The fourth-order valence-corrected chi connectivity index (χ4v) is 2.58. The highest BCUT2D eigenvalue weighted by Crippen LogP contribution is 2.44.